The summed E-state index contributed by atoms with van der Waals surface area (Å²) < 4.78 is 0. The maximum atomic E-state index is 9.94. The highest BCUT2D eigenvalue weighted by molar-refractivity contribution is 5.26. The Labute approximate surface area is 98.7 Å². The van der Waals surface area contributed by atoms with Crippen molar-refractivity contribution in [2.75, 3.05) is 13.1 Å². The van der Waals surface area contributed by atoms with Crippen molar-refractivity contribution in [2.45, 2.75) is 39.2 Å². The number of rotatable bonds is 6. The Morgan fingerprint density at radius 1 is 1.12 bits per heavy atom. The molecule has 90 valence electrons. The van der Waals surface area contributed by atoms with Gasteiger partial charge in [-0.1, -0.05) is 45.0 Å². The van der Waals surface area contributed by atoms with Crippen molar-refractivity contribution in [2.24, 2.45) is 0 Å². The lowest BCUT2D eigenvalue weighted by atomic mass is 9.99. The summed E-state index contributed by atoms with van der Waals surface area (Å²) in [6.07, 6.45) is 0.426. The topological polar surface area (TPSA) is 32.3 Å². The molecule has 16 heavy (non-hydrogen) atoms. The van der Waals surface area contributed by atoms with Gasteiger partial charge in [0.15, 0.2) is 0 Å². The van der Waals surface area contributed by atoms with Crippen LogP contribution >= 0.6 is 0 Å². The highest BCUT2D eigenvalue weighted by Gasteiger charge is 2.07. The molecule has 0 saturated heterocycles. The van der Waals surface area contributed by atoms with Gasteiger partial charge in [0.2, 0.25) is 0 Å². The van der Waals surface area contributed by atoms with Gasteiger partial charge < -0.3 is 10.4 Å². The average Bonchev–Trinajstić information content (AvgIpc) is 2.29. The van der Waals surface area contributed by atoms with Crippen molar-refractivity contribution in [1.82, 2.24) is 5.32 Å². The third-order valence-corrected chi connectivity index (χ3v) is 2.83. The maximum absolute atomic E-state index is 9.94. The molecule has 0 spiro atoms. The molecule has 0 radical (unpaired) electrons. The zero-order chi connectivity index (χ0) is 12.0. The summed E-state index contributed by atoms with van der Waals surface area (Å²) >= 11 is 0. The Hall–Kier alpha value is -0.860. The molecular formula is C14H23NO. The van der Waals surface area contributed by atoms with Crippen LogP contribution in [0.15, 0.2) is 24.3 Å². The molecule has 1 rings (SSSR count). The van der Waals surface area contributed by atoms with Crippen LogP contribution in [0.5, 0.6) is 0 Å². The van der Waals surface area contributed by atoms with Crippen LogP contribution in [0.2, 0.25) is 0 Å². The van der Waals surface area contributed by atoms with Crippen molar-refractivity contribution in [3.8, 4) is 0 Å². The van der Waals surface area contributed by atoms with E-state index in [-0.39, 0.29) is 6.10 Å². The monoisotopic (exact) mass is 221 g/mol. The zero-order valence-electron chi connectivity index (χ0n) is 10.5. The third kappa shape index (κ3) is 3.95. The standard InChI is InChI=1S/C14H23NO/c1-4-15-10-9-14(16)13-7-5-12(6-8-13)11(2)3/h5-8,11,14-16H,4,9-10H2,1-3H3. The summed E-state index contributed by atoms with van der Waals surface area (Å²) in [6.45, 7) is 8.25. The van der Waals surface area contributed by atoms with E-state index in [2.05, 4.69) is 38.2 Å². The molecule has 1 aromatic carbocycles. The number of aliphatic hydroxyl groups excluding tert-OH is 1. The summed E-state index contributed by atoms with van der Waals surface area (Å²) in [5, 5.41) is 13.2. The van der Waals surface area contributed by atoms with Gasteiger partial charge in [0.05, 0.1) is 6.10 Å². The number of nitrogens with one attached hydrogen (secondary N) is 1. The van der Waals surface area contributed by atoms with Crippen LogP contribution in [0, 0.1) is 0 Å². The molecule has 2 nitrogen and oxygen atoms in total. The number of hydrogen-bond donors (Lipinski definition) is 2. The Kier molecular flexibility index (Phi) is 5.50. The van der Waals surface area contributed by atoms with Crippen LogP contribution in [-0.4, -0.2) is 18.2 Å². The molecule has 0 heterocycles. The van der Waals surface area contributed by atoms with E-state index in [1.165, 1.54) is 5.56 Å². The molecule has 1 atom stereocenters. The Bertz CT molecular complexity index is 292. The molecule has 0 aliphatic carbocycles. The van der Waals surface area contributed by atoms with E-state index in [0.717, 1.165) is 25.1 Å². The van der Waals surface area contributed by atoms with E-state index in [4.69, 9.17) is 0 Å². The predicted molar refractivity (Wildman–Crippen MR) is 68.7 cm³/mol. The van der Waals surface area contributed by atoms with Crippen LogP contribution < -0.4 is 5.32 Å². The highest BCUT2D eigenvalue weighted by atomic mass is 16.3. The summed E-state index contributed by atoms with van der Waals surface area (Å²) in [7, 11) is 0. The molecule has 0 aliphatic heterocycles. The molecular weight excluding hydrogens is 198 g/mol. The van der Waals surface area contributed by atoms with Crippen molar-refractivity contribution in [3.05, 3.63) is 35.4 Å². The molecule has 0 aromatic heterocycles. The summed E-state index contributed by atoms with van der Waals surface area (Å²) in [5.74, 6) is 0.549. The lowest BCUT2D eigenvalue weighted by Crippen LogP contribution is -2.16. The zero-order valence-corrected chi connectivity index (χ0v) is 10.5. The van der Waals surface area contributed by atoms with Gasteiger partial charge in [0.1, 0.15) is 0 Å². The second-order valence-electron chi connectivity index (χ2n) is 4.48. The Morgan fingerprint density at radius 3 is 2.19 bits per heavy atom. The highest BCUT2D eigenvalue weighted by Crippen LogP contribution is 2.20. The first kappa shape index (κ1) is 13.2. The van der Waals surface area contributed by atoms with E-state index < -0.39 is 0 Å². The molecule has 1 aromatic rings. The minimum absolute atomic E-state index is 0.347. The van der Waals surface area contributed by atoms with Gasteiger partial charge >= 0.3 is 0 Å². The molecule has 0 fully saturated rings. The van der Waals surface area contributed by atoms with Crippen LogP contribution in [0.3, 0.4) is 0 Å². The van der Waals surface area contributed by atoms with Crippen molar-refractivity contribution < 1.29 is 5.11 Å². The van der Waals surface area contributed by atoms with E-state index in [1.54, 1.807) is 0 Å². The molecule has 2 N–H and O–H groups in total. The first-order chi connectivity index (χ1) is 7.65. The van der Waals surface area contributed by atoms with Crippen molar-refractivity contribution >= 4 is 0 Å². The predicted octanol–water partition coefficient (Wildman–Crippen LogP) is 2.84. The first-order valence-corrected chi connectivity index (χ1v) is 6.13. The SMILES string of the molecule is CCNCCC(O)c1ccc(C(C)C)cc1. The van der Waals surface area contributed by atoms with Gasteiger partial charge in [-0.15, -0.1) is 0 Å². The number of hydrogen-bond acceptors (Lipinski definition) is 2. The van der Waals surface area contributed by atoms with Gasteiger partial charge in [-0.25, -0.2) is 0 Å². The van der Waals surface area contributed by atoms with Crippen molar-refractivity contribution in [1.29, 1.82) is 0 Å². The molecule has 0 saturated carbocycles. The molecule has 0 amide bonds. The molecule has 0 aliphatic rings. The lowest BCUT2D eigenvalue weighted by molar-refractivity contribution is 0.167. The third-order valence-electron chi connectivity index (χ3n) is 2.83. The largest absolute Gasteiger partial charge is 0.388 e. The van der Waals surface area contributed by atoms with Gasteiger partial charge in [-0.3, -0.25) is 0 Å². The van der Waals surface area contributed by atoms with Gasteiger partial charge in [0, 0.05) is 0 Å². The average molecular weight is 221 g/mol. The fourth-order valence-electron chi connectivity index (χ4n) is 1.69. The molecule has 2 heteroatoms. The molecule has 0 bridgehead atoms. The van der Waals surface area contributed by atoms with E-state index in [0.29, 0.717) is 5.92 Å². The maximum Gasteiger partial charge on any atom is 0.0802 e. The molecule has 1 unspecified atom stereocenters. The van der Waals surface area contributed by atoms with Gasteiger partial charge in [-0.2, -0.15) is 0 Å². The van der Waals surface area contributed by atoms with Crippen LogP contribution in [-0.2, 0) is 0 Å². The van der Waals surface area contributed by atoms with E-state index in [9.17, 15) is 5.11 Å². The van der Waals surface area contributed by atoms with E-state index in [1.807, 2.05) is 12.1 Å². The van der Waals surface area contributed by atoms with Crippen molar-refractivity contribution in [3.63, 3.8) is 0 Å². The summed E-state index contributed by atoms with van der Waals surface area (Å²) in [4.78, 5) is 0. The number of benzene rings is 1. The van der Waals surface area contributed by atoms with Gasteiger partial charge in [-0.05, 0) is 36.6 Å². The first-order valence-electron chi connectivity index (χ1n) is 6.13. The minimum atomic E-state index is -0.347. The lowest BCUT2D eigenvalue weighted by Gasteiger charge is -2.12. The van der Waals surface area contributed by atoms with Crippen LogP contribution in [0.4, 0.5) is 0 Å². The van der Waals surface area contributed by atoms with Gasteiger partial charge in [0.25, 0.3) is 0 Å². The number of aliphatic hydroxyl groups is 1. The van der Waals surface area contributed by atoms with Crippen LogP contribution in [0.25, 0.3) is 0 Å². The Morgan fingerprint density at radius 2 is 1.69 bits per heavy atom. The van der Waals surface area contributed by atoms with E-state index >= 15 is 0 Å². The Balaban J connectivity index is 2.52. The second kappa shape index (κ2) is 6.66. The second-order valence-corrected chi connectivity index (χ2v) is 4.48. The smallest absolute Gasteiger partial charge is 0.0802 e. The fraction of sp³-hybridized carbons (Fsp3) is 0.571. The van der Waals surface area contributed by atoms with Crippen LogP contribution in [0.1, 0.15) is 50.3 Å². The summed E-state index contributed by atoms with van der Waals surface area (Å²) in [6, 6.07) is 8.28. The fourth-order valence-corrected chi connectivity index (χ4v) is 1.69. The minimum Gasteiger partial charge on any atom is -0.388 e. The summed E-state index contributed by atoms with van der Waals surface area (Å²) in [5.41, 5.74) is 2.34. The normalized spacial score (nSPS) is 13.1. The quantitative estimate of drug-likeness (QED) is 0.724.